The van der Waals surface area contributed by atoms with Crippen LogP contribution in [0.2, 0.25) is 0 Å². The van der Waals surface area contributed by atoms with E-state index in [2.05, 4.69) is 0 Å². The lowest BCUT2D eigenvalue weighted by Gasteiger charge is -2.19. The first-order valence-corrected chi connectivity index (χ1v) is 8.85. The summed E-state index contributed by atoms with van der Waals surface area (Å²) in [6, 6.07) is 1.70. The normalized spacial score (nSPS) is 18.3. The molecule has 1 atom stereocenters. The Morgan fingerprint density at radius 3 is 2.70 bits per heavy atom. The summed E-state index contributed by atoms with van der Waals surface area (Å²) in [6.07, 6.45) is -0.0831. The molecule has 1 amide bonds. The van der Waals surface area contributed by atoms with E-state index in [9.17, 15) is 27.7 Å². The summed E-state index contributed by atoms with van der Waals surface area (Å²) < 4.78 is 40.8. The average Bonchev–Trinajstić information content (AvgIpc) is 2.76. The van der Waals surface area contributed by atoms with Crippen molar-refractivity contribution in [3.8, 4) is 5.75 Å². The first kappa shape index (κ1) is 17.4. The summed E-state index contributed by atoms with van der Waals surface area (Å²) in [7, 11) is 2.62. The van der Waals surface area contributed by atoms with Crippen molar-refractivity contribution < 1.29 is 27.3 Å². The van der Waals surface area contributed by atoms with Crippen LogP contribution < -0.4 is 9.64 Å². The van der Waals surface area contributed by atoms with E-state index in [0.717, 1.165) is 17.0 Å². The van der Waals surface area contributed by atoms with Crippen LogP contribution >= 0.6 is 10.7 Å². The van der Waals surface area contributed by atoms with Crippen LogP contribution in [-0.2, 0) is 13.8 Å². The monoisotopic (exact) mass is 366 g/mol. The summed E-state index contributed by atoms with van der Waals surface area (Å²) in [5.74, 6) is -2.56. The zero-order valence-electron chi connectivity index (χ0n) is 11.9. The molecule has 0 aliphatic carbocycles. The number of carbonyl (C=O) groups is 1. The van der Waals surface area contributed by atoms with E-state index in [1.807, 2.05) is 0 Å². The van der Waals surface area contributed by atoms with Crippen molar-refractivity contribution in [1.29, 1.82) is 0 Å². The number of methoxy groups -OCH3 is 1. The van der Waals surface area contributed by atoms with Crippen LogP contribution in [0.4, 0.5) is 15.8 Å². The maximum Gasteiger partial charge on any atom is 0.307 e. The van der Waals surface area contributed by atoms with Gasteiger partial charge in [-0.25, -0.2) is 8.42 Å². The standard InChI is InChI=1S/C12H12ClFN2O6S/c1-22-11-3-8(14)9(16(18)19)4-10(11)15-5-7(2-12(15)17)6-23(13,20)21/h3-4,7H,2,5-6H2,1H3. The van der Waals surface area contributed by atoms with Gasteiger partial charge < -0.3 is 9.64 Å². The molecular weight excluding hydrogens is 355 g/mol. The summed E-state index contributed by atoms with van der Waals surface area (Å²) in [4.78, 5) is 23.1. The molecule has 1 aromatic carbocycles. The Morgan fingerprint density at radius 2 is 2.17 bits per heavy atom. The first-order chi connectivity index (χ1) is 10.6. The largest absolute Gasteiger partial charge is 0.494 e. The summed E-state index contributed by atoms with van der Waals surface area (Å²) in [5.41, 5.74) is -0.790. The zero-order chi connectivity index (χ0) is 17.4. The summed E-state index contributed by atoms with van der Waals surface area (Å²) >= 11 is 0. The second kappa shape index (κ2) is 6.28. The van der Waals surface area contributed by atoms with E-state index in [-0.39, 0.29) is 24.4 Å². The molecule has 1 fully saturated rings. The highest BCUT2D eigenvalue weighted by Gasteiger charge is 2.35. The van der Waals surface area contributed by atoms with Gasteiger partial charge in [0.25, 0.3) is 0 Å². The number of rotatable bonds is 5. The molecule has 126 valence electrons. The number of ether oxygens (including phenoxy) is 1. The molecule has 8 nitrogen and oxygen atoms in total. The van der Waals surface area contributed by atoms with Gasteiger partial charge in [-0.3, -0.25) is 14.9 Å². The van der Waals surface area contributed by atoms with Crippen LogP contribution in [0, 0.1) is 21.8 Å². The Labute approximate surface area is 135 Å². The van der Waals surface area contributed by atoms with Crippen molar-refractivity contribution >= 4 is 37.0 Å². The third kappa shape index (κ3) is 3.88. The molecule has 23 heavy (non-hydrogen) atoms. The van der Waals surface area contributed by atoms with Gasteiger partial charge in [-0.05, 0) is 0 Å². The minimum atomic E-state index is -3.79. The average molecular weight is 367 g/mol. The molecule has 11 heteroatoms. The molecular formula is C12H12ClFN2O6S. The number of nitro benzene ring substituents is 1. The molecule has 1 aliphatic rings. The number of halogens is 2. The fraction of sp³-hybridized carbons (Fsp3) is 0.417. The van der Waals surface area contributed by atoms with E-state index >= 15 is 0 Å². The smallest absolute Gasteiger partial charge is 0.307 e. The molecule has 1 saturated heterocycles. The van der Waals surface area contributed by atoms with Crippen molar-refractivity contribution in [2.45, 2.75) is 6.42 Å². The quantitative estimate of drug-likeness (QED) is 0.445. The van der Waals surface area contributed by atoms with Gasteiger partial charge in [0.1, 0.15) is 5.75 Å². The van der Waals surface area contributed by atoms with Crippen molar-refractivity contribution in [3.05, 3.63) is 28.1 Å². The number of hydrogen-bond acceptors (Lipinski definition) is 6. The van der Waals surface area contributed by atoms with Gasteiger partial charge >= 0.3 is 5.69 Å². The van der Waals surface area contributed by atoms with E-state index in [1.165, 1.54) is 7.11 Å². The lowest BCUT2D eigenvalue weighted by molar-refractivity contribution is -0.387. The van der Waals surface area contributed by atoms with Gasteiger partial charge in [0.05, 0.1) is 23.5 Å². The molecule has 0 aromatic heterocycles. The number of carbonyl (C=O) groups excluding carboxylic acids is 1. The number of anilines is 1. The van der Waals surface area contributed by atoms with Crippen molar-refractivity contribution in [2.75, 3.05) is 24.3 Å². The lowest BCUT2D eigenvalue weighted by atomic mass is 10.1. The second-order valence-electron chi connectivity index (χ2n) is 5.01. The highest BCUT2D eigenvalue weighted by Crippen LogP contribution is 2.37. The number of nitrogens with zero attached hydrogens (tertiary/aromatic N) is 2. The minimum absolute atomic E-state index is 0.00999. The van der Waals surface area contributed by atoms with Gasteiger partial charge in [-0.1, -0.05) is 0 Å². The first-order valence-electron chi connectivity index (χ1n) is 6.37. The summed E-state index contributed by atoms with van der Waals surface area (Å²) in [5, 5.41) is 10.8. The predicted octanol–water partition coefficient (Wildman–Crippen LogP) is 1.66. The molecule has 1 aromatic rings. The van der Waals surface area contributed by atoms with Gasteiger partial charge in [0.15, 0.2) is 0 Å². The number of nitro groups is 1. The van der Waals surface area contributed by atoms with E-state index < -0.39 is 43.1 Å². The van der Waals surface area contributed by atoms with Crippen LogP contribution in [0.25, 0.3) is 0 Å². The maximum atomic E-state index is 13.6. The van der Waals surface area contributed by atoms with Gasteiger partial charge in [0.2, 0.25) is 20.8 Å². The van der Waals surface area contributed by atoms with Gasteiger partial charge in [0, 0.05) is 41.7 Å². The molecule has 1 unspecified atom stereocenters. The molecule has 0 radical (unpaired) electrons. The Balaban J connectivity index is 2.39. The molecule has 0 N–H and O–H groups in total. The molecule has 0 spiro atoms. The predicted molar refractivity (Wildman–Crippen MR) is 79.7 cm³/mol. The van der Waals surface area contributed by atoms with Gasteiger partial charge in [-0.2, -0.15) is 4.39 Å². The van der Waals surface area contributed by atoms with E-state index in [0.29, 0.717) is 0 Å². The molecule has 1 heterocycles. The third-order valence-electron chi connectivity index (χ3n) is 3.38. The molecule has 2 rings (SSSR count). The number of hydrogen-bond donors (Lipinski definition) is 0. The number of benzene rings is 1. The Hall–Kier alpha value is -1.94. The fourth-order valence-electron chi connectivity index (χ4n) is 2.45. The van der Waals surface area contributed by atoms with Crippen LogP contribution in [0.1, 0.15) is 6.42 Å². The van der Waals surface area contributed by atoms with Crippen LogP contribution in [0.5, 0.6) is 5.75 Å². The third-order valence-corrected chi connectivity index (χ3v) is 4.62. The van der Waals surface area contributed by atoms with Crippen molar-refractivity contribution in [3.63, 3.8) is 0 Å². The highest BCUT2D eigenvalue weighted by atomic mass is 35.7. The van der Waals surface area contributed by atoms with E-state index in [4.69, 9.17) is 15.4 Å². The van der Waals surface area contributed by atoms with E-state index in [1.54, 1.807) is 0 Å². The lowest BCUT2D eigenvalue weighted by Crippen LogP contribution is -2.26. The minimum Gasteiger partial charge on any atom is -0.494 e. The fourth-order valence-corrected chi connectivity index (χ4v) is 3.78. The Kier molecular flexibility index (Phi) is 4.76. The SMILES string of the molecule is COc1cc(F)c([N+](=O)[O-])cc1N1CC(CS(=O)(=O)Cl)CC1=O. The maximum absolute atomic E-state index is 13.6. The molecule has 0 bridgehead atoms. The number of amides is 1. The topological polar surface area (TPSA) is 107 Å². The molecule has 0 saturated carbocycles. The Morgan fingerprint density at radius 1 is 1.52 bits per heavy atom. The molecule has 1 aliphatic heterocycles. The summed E-state index contributed by atoms with van der Waals surface area (Å²) in [6.45, 7) is -0.00999. The van der Waals surface area contributed by atoms with Crippen LogP contribution in [-0.4, -0.2) is 38.7 Å². The van der Waals surface area contributed by atoms with Crippen molar-refractivity contribution in [2.24, 2.45) is 5.92 Å². The van der Waals surface area contributed by atoms with Crippen LogP contribution in [0.3, 0.4) is 0 Å². The van der Waals surface area contributed by atoms with Gasteiger partial charge in [-0.15, -0.1) is 0 Å². The van der Waals surface area contributed by atoms with Crippen LogP contribution in [0.15, 0.2) is 12.1 Å². The van der Waals surface area contributed by atoms with Crippen molar-refractivity contribution in [1.82, 2.24) is 0 Å². The zero-order valence-corrected chi connectivity index (χ0v) is 13.4. The Bertz CT molecular complexity index is 769. The highest BCUT2D eigenvalue weighted by molar-refractivity contribution is 8.13. The second-order valence-corrected chi connectivity index (χ2v) is 7.83.